The Bertz CT molecular complexity index is 1140. The van der Waals surface area contributed by atoms with Gasteiger partial charge in [-0.05, 0) is 48.5 Å². The van der Waals surface area contributed by atoms with Crippen molar-refractivity contribution in [2.75, 3.05) is 6.61 Å². The summed E-state index contributed by atoms with van der Waals surface area (Å²) in [6, 6.07) is 19.9. The standard InChI is InChI=1S/C22H19N3O4/c26-16(13-25-15-24-21-20(22(25)27)7-4-12-23-21)14-28-17-8-10-19(11-9-17)29-18-5-2-1-3-6-18/h1-12,15-16,26H,13-14H2. The van der Waals surface area contributed by atoms with Gasteiger partial charge in [0.1, 0.15) is 36.3 Å². The number of rotatable bonds is 7. The first-order valence-corrected chi connectivity index (χ1v) is 9.13. The van der Waals surface area contributed by atoms with E-state index in [1.54, 1.807) is 42.6 Å². The minimum atomic E-state index is -0.871. The SMILES string of the molecule is O=c1c2cccnc2ncn1CC(O)COc1ccc(Oc2ccccc2)cc1. The van der Waals surface area contributed by atoms with Crippen LogP contribution in [0.4, 0.5) is 0 Å². The summed E-state index contributed by atoms with van der Waals surface area (Å²) in [5.74, 6) is 2.03. The summed E-state index contributed by atoms with van der Waals surface area (Å²) in [6.45, 7) is 0.113. The molecule has 0 aliphatic rings. The molecular formula is C22H19N3O4. The Balaban J connectivity index is 1.34. The molecule has 7 heteroatoms. The van der Waals surface area contributed by atoms with Gasteiger partial charge in [0, 0.05) is 6.20 Å². The van der Waals surface area contributed by atoms with Gasteiger partial charge < -0.3 is 14.6 Å². The first kappa shape index (κ1) is 18.6. The highest BCUT2D eigenvalue weighted by Crippen LogP contribution is 2.23. The molecule has 4 aromatic rings. The fraction of sp³-hybridized carbons (Fsp3) is 0.136. The molecule has 1 atom stereocenters. The number of hydrogen-bond donors (Lipinski definition) is 1. The Morgan fingerprint density at radius 3 is 2.41 bits per heavy atom. The van der Waals surface area contributed by atoms with E-state index in [1.165, 1.54) is 10.9 Å². The van der Waals surface area contributed by atoms with Gasteiger partial charge in [0.05, 0.1) is 11.9 Å². The minimum Gasteiger partial charge on any atom is -0.491 e. The molecule has 0 spiro atoms. The average Bonchev–Trinajstić information content (AvgIpc) is 2.76. The molecule has 2 heterocycles. The van der Waals surface area contributed by atoms with Crippen LogP contribution >= 0.6 is 0 Å². The van der Waals surface area contributed by atoms with Crippen molar-refractivity contribution in [2.24, 2.45) is 0 Å². The third-order valence-electron chi connectivity index (χ3n) is 4.25. The summed E-state index contributed by atoms with van der Waals surface area (Å²) < 4.78 is 12.7. The molecule has 1 N–H and O–H groups in total. The van der Waals surface area contributed by atoms with Gasteiger partial charge in [0.15, 0.2) is 5.65 Å². The van der Waals surface area contributed by atoms with E-state index in [0.29, 0.717) is 22.5 Å². The predicted octanol–water partition coefficient (Wildman–Crippen LogP) is 3.02. The molecule has 0 fully saturated rings. The normalized spacial score (nSPS) is 11.9. The molecule has 7 nitrogen and oxygen atoms in total. The zero-order valence-electron chi connectivity index (χ0n) is 15.5. The monoisotopic (exact) mass is 389 g/mol. The van der Waals surface area contributed by atoms with E-state index in [1.807, 2.05) is 30.3 Å². The second-order valence-corrected chi connectivity index (χ2v) is 6.43. The number of benzene rings is 2. The van der Waals surface area contributed by atoms with Gasteiger partial charge in [-0.15, -0.1) is 0 Å². The molecule has 2 aromatic heterocycles. The summed E-state index contributed by atoms with van der Waals surface area (Å²) in [6.07, 6.45) is 2.10. The van der Waals surface area contributed by atoms with E-state index in [2.05, 4.69) is 9.97 Å². The van der Waals surface area contributed by atoms with E-state index in [9.17, 15) is 9.90 Å². The Hall–Kier alpha value is -3.71. The third-order valence-corrected chi connectivity index (χ3v) is 4.25. The smallest absolute Gasteiger partial charge is 0.262 e. The molecule has 0 saturated carbocycles. The second-order valence-electron chi connectivity index (χ2n) is 6.43. The maximum Gasteiger partial charge on any atom is 0.262 e. The van der Waals surface area contributed by atoms with Crippen LogP contribution in [0.1, 0.15) is 0 Å². The number of aromatic nitrogens is 3. The average molecular weight is 389 g/mol. The largest absolute Gasteiger partial charge is 0.491 e. The van der Waals surface area contributed by atoms with E-state index in [0.717, 1.165) is 5.75 Å². The molecule has 0 amide bonds. The molecule has 4 rings (SSSR count). The van der Waals surface area contributed by atoms with Crippen molar-refractivity contribution in [1.82, 2.24) is 14.5 Å². The van der Waals surface area contributed by atoms with Crippen LogP contribution < -0.4 is 15.0 Å². The van der Waals surface area contributed by atoms with Gasteiger partial charge >= 0.3 is 0 Å². The molecule has 2 aromatic carbocycles. The van der Waals surface area contributed by atoms with Crippen molar-refractivity contribution in [3.05, 3.63) is 89.6 Å². The van der Waals surface area contributed by atoms with Gasteiger partial charge in [0.25, 0.3) is 5.56 Å². The highest BCUT2D eigenvalue weighted by molar-refractivity contribution is 5.72. The molecular weight excluding hydrogens is 370 g/mol. The van der Waals surface area contributed by atoms with Gasteiger partial charge in [0.2, 0.25) is 0 Å². The highest BCUT2D eigenvalue weighted by Gasteiger charge is 2.10. The number of para-hydroxylation sites is 1. The summed E-state index contributed by atoms with van der Waals surface area (Å²) in [5.41, 5.74) is 0.141. The van der Waals surface area contributed by atoms with Crippen LogP contribution in [-0.4, -0.2) is 32.4 Å². The number of pyridine rings is 1. The number of ether oxygens (including phenoxy) is 2. The fourth-order valence-electron chi connectivity index (χ4n) is 2.83. The molecule has 29 heavy (non-hydrogen) atoms. The lowest BCUT2D eigenvalue weighted by Gasteiger charge is -2.14. The van der Waals surface area contributed by atoms with Crippen LogP contribution in [0, 0.1) is 0 Å². The lowest BCUT2D eigenvalue weighted by Crippen LogP contribution is -2.30. The summed E-state index contributed by atoms with van der Waals surface area (Å²) in [4.78, 5) is 20.6. The van der Waals surface area contributed by atoms with Crippen LogP contribution in [-0.2, 0) is 6.54 Å². The Morgan fingerprint density at radius 1 is 0.897 bits per heavy atom. The van der Waals surface area contributed by atoms with Crippen molar-refractivity contribution in [3.63, 3.8) is 0 Å². The lowest BCUT2D eigenvalue weighted by molar-refractivity contribution is 0.0914. The first-order valence-electron chi connectivity index (χ1n) is 9.13. The second kappa shape index (κ2) is 8.53. The molecule has 0 radical (unpaired) electrons. The minimum absolute atomic E-state index is 0.0381. The van der Waals surface area contributed by atoms with Crippen LogP contribution in [0.2, 0.25) is 0 Å². The van der Waals surface area contributed by atoms with Crippen molar-refractivity contribution < 1.29 is 14.6 Å². The number of aliphatic hydroxyl groups excluding tert-OH is 1. The zero-order valence-corrected chi connectivity index (χ0v) is 15.5. The lowest BCUT2D eigenvalue weighted by atomic mass is 10.3. The van der Waals surface area contributed by atoms with E-state index in [-0.39, 0.29) is 18.7 Å². The van der Waals surface area contributed by atoms with E-state index in [4.69, 9.17) is 9.47 Å². The van der Waals surface area contributed by atoms with E-state index >= 15 is 0 Å². The van der Waals surface area contributed by atoms with Gasteiger partial charge in [-0.2, -0.15) is 0 Å². The number of nitrogens with zero attached hydrogens (tertiary/aromatic N) is 3. The number of fused-ring (bicyclic) bond motifs is 1. The van der Waals surface area contributed by atoms with Crippen LogP contribution in [0.3, 0.4) is 0 Å². The van der Waals surface area contributed by atoms with Crippen LogP contribution in [0.15, 0.2) is 84.0 Å². The number of aliphatic hydroxyl groups is 1. The Labute approximate surface area is 166 Å². The Kier molecular flexibility index (Phi) is 5.49. The molecule has 1 unspecified atom stereocenters. The van der Waals surface area contributed by atoms with Gasteiger partial charge in [-0.3, -0.25) is 9.36 Å². The molecule has 0 aliphatic heterocycles. The van der Waals surface area contributed by atoms with Crippen molar-refractivity contribution in [1.29, 1.82) is 0 Å². The molecule has 0 saturated heterocycles. The molecule has 0 bridgehead atoms. The maximum absolute atomic E-state index is 12.4. The van der Waals surface area contributed by atoms with Gasteiger partial charge in [-0.25, -0.2) is 9.97 Å². The van der Waals surface area contributed by atoms with Crippen molar-refractivity contribution in [3.8, 4) is 17.2 Å². The summed E-state index contributed by atoms with van der Waals surface area (Å²) in [7, 11) is 0. The zero-order chi connectivity index (χ0) is 20.1. The Morgan fingerprint density at radius 2 is 1.62 bits per heavy atom. The fourth-order valence-corrected chi connectivity index (χ4v) is 2.83. The summed E-state index contributed by atoms with van der Waals surface area (Å²) >= 11 is 0. The topological polar surface area (TPSA) is 86.5 Å². The van der Waals surface area contributed by atoms with Crippen molar-refractivity contribution >= 4 is 11.0 Å². The third kappa shape index (κ3) is 4.59. The van der Waals surface area contributed by atoms with Crippen LogP contribution in [0.5, 0.6) is 17.2 Å². The highest BCUT2D eigenvalue weighted by atomic mass is 16.5. The molecule has 146 valence electrons. The maximum atomic E-state index is 12.4. The number of hydrogen-bond acceptors (Lipinski definition) is 6. The first-order chi connectivity index (χ1) is 14.2. The summed E-state index contributed by atoms with van der Waals surface area (Å²) in [5, 5.41) is 10.7. The van der Waals surface area contributed by atoms with Gasteiger partial charge in [-0.1, -0.05) is 18.2 Å². The van der Waals surface area contributed by atoms with E-state index < -0.39 is 6.10 Å². The van der Waals surface area contributed by atoms with Crippen LogP contribution in [0.25, 0.3) is 11.0 Å². The molecule has 0 aliphatic carbocycles. The van der Waals surface area contributed by atoms with Crippen molar-refractivity contribution in [2.45, 2.75) is 12.6 Å². The predicted molar refractivity (Wildman–Crippen MR) is 108 cm³/mol. The quantitative estimate of drug-likeness (QED) is 0.523.